The van der Waals surface area contributed by atoms with Gasteiger partial charge in [0.05, 0.1) is 11.9 Å². The van der Waals surface area contributed by atoms with E-state index in [1.807, 2.05) is 24.3 Å². The second-order valence-electron chi connectivity index (χ2n) is 6.46. The number of carbonyl (C=O) groups is 1. The molecule has 0 aliphatic rings. The van der Waals surface area contributed by atoms with Crippen LogP contribution in [0, 0.1) is 5.82 Å². The number of nitrogens with one attached hydrogen (secondary N) is 1. The smallest absolute Gasteiger partial charge is 0.241 e. The van der Waals surface area contributed by atoms with Crippen molar-refractivity contribution >= 4 is 5.91 Å². The number of amides is 1. The van der Waals surface area contributed by atoms with E-state index in [4.69, 9.17) is 0 Å². The molecule has 144 valence electrons. The van der Waals surface area contributed by atoms with Crippen LogP contribution in [-0.4, -0.2) is 25.7 Å². The highest BCUT2D eigenvalue weighted by Crippen LogP contribution is 2.20. The molecule has 0 aliphatic carbocycles. The molecular formula is C22H18FN5O. The first-order chi connectivity index (χ1) is 14.2. The van der Waals surface area contributed by atoms with Gasteiger partial charge in [0, 0.05) is 42.5 Å². The normalized spacial score (nSPS) is 10.7. The zero-order valence-corrected chi connectivity index (χ0v) is 15.5. The van der Waals surface area contributed by atoms with Gasteiger partial charge in [-0.3, -0.25) is 19.4 Å². The molecule has 4 rings (SSSR count). The highest BCUT2D eigenvalue weighted by molar-refractivity contribution is 5.76. The summed E-state index contributed by atoms with van der Waals surface area (Å²) in [5.74, 6) is -0.453. The molecule has 0 atom stereocenters. The second-order valence-corrected chi connectivity index (χ2v) is 6.46. The molecule has 3 aromatic heterocycles. The van der Waals surface area contributed by atoms with Crippen molar-refractivity contribution in [3.63, 3.8) is 0 Å². The predicted octanol–water partition coefficient (Wildman–Crippen LogP) is 3.46. The third kappa shape index (κ3) is 4.52. The first-order valence-electron chi connectivity index (χ1n) is 9.08. The number of hydrogen-bond donors (Lipinski definition) is 1. The molecule has 0 unspecified atom stereocenters. The van der Waals surface area contributed by atoms with E-state index in [-0.39, 0.29) is 18.3 Å². The van der Waals surface area contributed by atoms with Crippen LogP contribution >= 0.6 is 0 Å². The molecule has 0 bridgehead atoms. The Hall–Kier alpha value is -3.87. The molecule has 7 heteroatoms. The minimum Gasteiger partial charge on any atom is -0.350 e. The summed E-state index contributed by atoms with van der Waals surface area (Å²) in [6, 6.07) is 13.7. The van der Waals surface area contributed by atoms with Crippen LogP contribution in [0.3, 0.4) is 0 Å². The summed E-state index contributed by atoms with van der Waals surface area (Å²) in [4.78, 5) is 20.8. The summed E-state index contributed by atoms with van der Waals surface area (Å²) in [6.45, 7) is 0.447. The molecule has 29 heavy (non-hydrogen) atoms. The lowest BCUT2D eigenvalue weighted by atomic mass is 10.1. The van der Waals surface area contributed by atoms with Crippen molar-refractivity contribution in [2.45, 2.75) is 13.1 Å². The molecule has 1 N–H and O–H groups in total. The zero-order chi connectivity index (χ0) is 20.1. The molecule has 3 heterocycles. The van der Waals surface area contributed by atoms with Crippen molar-refractivity contribution < 1.29 is 9.18 Å². The lowest BCUT2D eigenvalue weighted by Gasteiger charge is -2.10. The van der Waals surface area contributed by atoms with E-state index in [2.05, 4.69) is 20.4 Å². The number of rotatable bonds is 6. The van der Waals surface area contributed by atoms with Gasteiger partial charge in [-0.2, -0.15) is 5.10 Å². The Morgan fingerprint density at radius 3 is 2.55 bits per heavy atom. The van der Waals surface area contributed by atoms with E-state index in [1.54, 1.807) is 47.8 Å². The molecular weight excluding hydrogens is 369 g/mol. The van der Waals surface area contributed by atoms with Gasteiger partial charge in [0.1, 0.15) is 12.4 Å². The summed E-state index contributed by atoms with van der Waals surface area (Å²) in [6.07, 6.45) is 8.57. The Labute approximate surface area is 167 Å². The SMILES string of the molecule is O=C(Cn1cc(-c2ccc(F)cc2)cn1)NCc1cccnc1-c1ccncc1. The maximum Gasteiger partial charge on any atom is 0.241 e. The van der Waals surface area contributed by atoms with Crippen LogP contribution in [0.15, 0.2) is 79.5 Å². The highest BCUT2D eigenvalue weighted by atomic mass is 19.1. The van der Waals surface area contributed by atoms with Gasteiger partial charge < -0.3 is 5.32 Å². The minimum atomic E-state index is -0.290. The lowest BCUT2D eigenvalue weighted by Crippen LogP contribution is -2.27. The number of benzene rings is 1. The standard InChI is InChI=1S/C22H18FN5O/c23-20-5-3-16(4-6-20)19-13-27-28(14-19)15-21(29)26-12-18-2-1-9-25-22(18)17-7-10-24-11-8-17/h1-11,13-14H,12,15H2,(H,26,29). The van der Waals surface area contributed by atoms with Crippen LogP contribution in [0.5, 0.6) is 0 Å². The van der Waals surface area contributed by atoms with Crippen LogP contribution in [-0.2, 0) is 17.9 Å². The Kier molecular flexibility index (Phi) is 5.38. The van der Waals surface area contributed by atoms with E-state index in [0.717, 1.165) is 27.9 Å². The third-order valence-corrected chi connectivity index (χ3v) is 4.44. The quantitative estimate of drug-likeness (QED) is 0.550. The fraction of sp³-hybridized carbons (Fsp3) is 0.0909. The zero-order valence-electron chi connectivity index (χ0n) is 15.5. The fourth-order valence-corrected chi connectivity index (χ4v) is 2.99. The van der Waals surface area contributed by atoms with Gasteiger partial charge in [-0.05, 0) is 41.5 Å². The van der Waals surface area contributed by atoms with Crippen molar-refractivity contribution in [2.24, 2.45) is 0 Å². The second kappa shape index (κ2) is 8.43. The van der Waals surface area contributed by atoms with Crippen molar-refractivity contribution in [2.75, 3.05) is 0 Å². The van der Waals surface area contributed by atoms with E-state index >= 15 is 0 Å². The van der Waals surface area contributed by atoms with Crippen molar-refractivity contribution in [1.82, 2.24) is 25.1 Å². The van der Waals surface area contributed by atoms with Gasteiger partial charge in [0.25, 0.3) is 0 Å². The molecule has 0 radical (unpaired) electrons. The first-order valence-corrected chi connectivity index (χ1v) is 9.08. The Morgan fingerprint density at radius 1 is 0.966 bits per heavy atom. The Balaban J connectivity index is 1.40. The van der Waals surface area contributed by atoms with Gasteiger partial charge in [-0.25, -0.2) is 4.39 Å². The van der Waals surface area contributed by atoms with E-state index in [9.17, 15) is 9.18 Å². The van der Waals surface area contributed by atoms with Gasteiger partial charge in [-0.1, -0.05) is 18.2 Å². The number of carbonyl (C=O) groups excluding carboxylic acids is 1. The lowest BCUT2D eigenvalue weighted by molar-refractivity contribution is -0.122. The topological polar surface area (TPSA) is 72.7 Å². The van der Waals surface area contributed by atoms with Gasteiger partial charge in [0.15, 0.2) is 0 Å². The largest absolute Gasteiger partial charge is 0.350 e. The Morgan fingerprint density at radius 2 is 1.76 bits per heavy atom. The van der Waals surface area contributed by atoms with Crippen LogP contribution in [0.4, 0.5) is 4.39 Å². The molecule has 4 aromatic rings. The maximum absolute atomic E-state index is 13.1. The highest BCUT2D eigenvalue weighted by Gasteiger charge is 2.10. The molecule has 0 aliphatic heterocycles. The van der Waals surface area contributed by atoms with Gasteiger partial charge >= 0.3 is 0 Å². The predicted molar refractivity (Wildman–Crippen MR) is 107 cm³/mol. The molecule has 6 nitrogen and oxygen atoms in total. The molecule has 1 aromatic carbocycles. The number of nitrogens with zero attached hydrogens (tertiary/aromatic N) is 4. The maximum atomic E-state index is 13.1. The fourth-order valence-electron chi connectivity index (χ4n) is 2.99. The van der Waals surface area contributed by atoms with Crippen molar-refractivity contribution in [1.29, 1.82) is 0 Å². The average molecular weight is 387 g/mol. The summed E-state index contributed by atoms with van der Waals surface area (Å²) >= 11 is 0. The molecule has 0 spiro atoms. The molecule has 0 fully saturated rings. The summed E-state index contributed by atoms with van der Waals surface area (Å²) in [7, 11) is 0. The van der Waals surface area contributed by atoms with Gasteiger partial charge in [-0.15, -0.1) is 0 Å². The monoisotopic (exact) mass is 387 g/mol. The van der Waals surface area contributed by atoms with Crippen molar-refractivity contribution in [3.8, 4) is 22.4 Å². The summed E-state index contributed by atoms with van der Waals surface area (Å²) < 4.78 is 14.6. The summed E-state index contributed by atoms with van der Waals surface area (Å²) in [5, 5.41) is 7.13. The average Bonchev–Trinajstić information content (AvgIpc) is 3.22. The number of hydrogen-bond acceptors (Lipinski definition) is 4. The summed E-state index contributed by atoms with van der Waals surface area (Å²) in [5.41, 5.74) is 4.34. The third-order valence-electron chi connectivity index (χ3n) is 4.44. The molecule has 0 saturated carbocycles. The molecule has 1 amide bonds. The van der Waals surface area contributed by atoms with Crippen LogP contribution in [0.2, 0.25) is 0 Å². The van der Waals surface area contributed by atoms with Crippen molar-refractivity contribution in [3.05, 3.63) is 90.9 Å². The number of halogens is 1. The minimum absolute atomic E-state index is 0.0893. The van der Waals surface area contributed by atoms with Gasteiger partial charge in [0.2, 0.25) is 5.91 Å². The van der Waals surface area contributed by atoms with E-state index < -0.39 is 0 Å². The van der Waals surface area contributed by atoms with Crippen LogP contribution in [0.1, 0.15) is 5.56 Å². The van der Waals surface area contributed by atoms with Crippen LogP contribution in [0.25, 0.3) is 22.4 Å². The van der Waals surface area contributed by atoms with E-state index in [0.29, 0.717) is 6.54 Å². The number of aromatic nitrogens is 4. The molecule has 0 saturated heterocycles. The van der Waals surface area contributed by atoms with Crippen LogP contribution < -0.4 is 5.32 Å². The first kappa shape index (κ1) is 18.5. The Bertz CT molecular complexity index is 1110. The van der Waals surface area contributed by atoms with E-state index in [1.165, 1.54) is 12.1 Å². The number of pyridine rings is 2.